The number of aryl methyl sites for hydroxylation is 1. The number of nitrogens with two attached hydrogens (primary N) is 1. The molecule has 0 fully saturated rings. The van der Waals surface area contributed by atoms with Crippen LogP contribution in [-0.2, 0) is 11.3 Å². The minimum Gasteiger partial charge on any atom is -0.397 e. The molecule has 0 saturated carbocycles. The Balaban J connectivity index is 2.57. The van der Waals surface area contributed by atoms with Crippen LogP contribution in [0.4, 0.5) is 5.69 Å². The molecule has 0 spiro atoms. The van der Waals surface area contributed by atoms with Crippen LogP contribution in [0.25, 0.3) is 0 Å². The molecule has 0 bridgehead atoms. The molecular weight excluding hydrogens is 218 g/mol. The number of anilines is 1. The molecular formula is C12H21N3O2. The number of aromatic nitrogens is 1. The van der Waals surface area contributed by atoms with Crippen LogP contribution >= 0.6 is 0 Å². The molecule has 0 radical (unpaired) electrons. The number of nitrogens with zero attached hydrogens (tertiary/aromatic N) is 1. The smallest absolute Gasteiger partial charge is 0.267 e. The van der Waals surface area contributed by atoms with Gasteiger partial charge in [0, 0.05) is 26.4 Å². The van der Waals surface area contributed by atoms with Crippen molar-refractivity contribution in [3.63, 3.8) is 0 Å². The summed E-state index contributed by atoms with van der Waals surface area (Å²) in [7, 11) is 1.65. The molecule has 96 valence electrons. The van der Waals surface area contributed by atoms with Crippen LogP contribution in [0.2, 0.25) is 0 Å². The lowest BCUT2D eigenvalue weighted by Crippen LogP contribution is -2.31. The molecule has 5 nitrogen and oxygen atoms in total. The zero-order valence-corrected chi connectivity index (χ0v) is 10.7. The Kier molecular flexibility index (Phi) is 5.03. The van der Waals surface area contributed by atoms with Crippen LogP contribution in [0.15, 0.2) is 12.3 Å². The highest BCUT2D eigenvalue weighted by Crippen LogP contribution is 2.10. The van der Waals surface area contributed by atoms with E-state index in [0.717, 1.165) is 6.54 Å². The quantitative estimate of drug-likeness (QED) is 0.781. The third kappa shape index (κ3) is 3.78. The van der Waals surface area contributed by atoms with Gasteiger partial charge in [0.1, 0.15) is 5.69 Å². The maximum absolute atomic E-state index is 11.9. The highest BCUT2D eigenvalue weighted by molar-refractivity contribution is 5.93. The molecule has 0 aromatic carbocycles. The molecule has 1 aromatic heterocycles. The van der Waals surface area contributed by atoms with Crippen LogP contribution in [0.1, 0.15) is 24.3 Å². The Labute approximate surface area is 102 Å². The number of carbonyl (C=O) groups excluding carboxylic acids is 1. The van der Waals surface area contributed by atoms with E-state index in [2.05, 4.69) is 5.32 Å². The molecule has 1 aromatic rings. The highest BCUT2D eigenvalue weighted by atomic mass is 16.5. The first-order valence-corrected chi connectivity index (χ1v) is 5.81. The molecule has 0 aliphatic rings. The van der Waals surface area contributed by atoms with E-state index in [4.69, 9.17) is 10.5 Å². The predicted octanol–water partition coefficient (Wildman–Crippen LogP) is 1.10. The van der Waals surface area contributed by atoms with Crippen molar-refractivity contribution in [2.45, 2.75) is 20.4 Å². The maximum Gasteiger partial charge on any atom is 0.267 e. The van der Waals surface area contributed by atoms with Gasteiger partial charge in [-0.25, -0.2) is 0 Å². The van der Waals surface area contributed by atoms with Gasteiger partial charge in [0.2, 0.25) is 0 Å². The molecule has 1 rings (SSSR count). The number of nitrogen functional groups attached to an aromatic ring is 1. The van der Waals surface area contributed by atoms with Crippen LogP contribution in [-0.4, -0.2) is 30.7 Å². The van der Waals surface area contributed by atoms with Crippen LogP contribution in [0.3, 0.4) is 0 Å². The van der Waals surface area contributed by atoms with E-state index in [1.807, 2.05) is 18.4 Å². The fourth-order valence-electron chi connectivity index (χ4n) is 1.69. The number of ether oxygens (including phenoxy) is 1. The SMILES string of the molecule is CCn1cc(N)cc1C(=O)NCC(C)COC. The van der Waals surface area contributed by atoms with Crippen molar-refractivity contribution in [3.05, 3.63) is 18.0 Å². The first-order valence-electron chi connectivity index (χ1n) is 5.81. The number of carbonyl (C=O) groups is 1. The predicted molar refractivity (Wildman–Crippen MR) is 67.9 cm³/mol. The second-order valence-corrected chi connectivity index (χ2v) is 4.22. The zero-order valence-electron chi connectivity index (χ0n) is 10.7. The summed E-state index contributed by atoms with van der Waals surface area (Å²) in [6.07, 6.45) is 1.77. The Hall–Kier alpha value is -1.49. The van der Waals surface area contributed by atoms with Gasteiger partial charge >= 0.3 is 0 Å². The number of hydrogen-bond acceptors (Lipinski definition) is 3. The van der Waals surface area contributed by atoms with E-state index >= 15 is 0 Å². The largest absolute Gasteiger partial charge is 0.397 e. The number of nitrogens with one attached hydrogen (secondary N) is 1. The average Bonchev–Trinajstić information content (AvgIpc) is 2.68. The van der Waals surface area contributed by atoms with Crippen molar-refractivity contribution >= 4 is 11.6 Å². The minimum atomic E-state index is -0.0912. The van der Waals surface area contributed by atoms with Crippen LogP contribution in [0, 0.1) is 5.92 Å². The summed E-state index contributed by atoms with van der Waals surface area (Å²) < 4.78 is 6.85. The fraction of sp³-hybridized carbons (Fsp3) is 0.583. The second-order valence-electron chi connectivity index (χ2n) is 4.22. The van der Waals surface area contributed by atoms with Crippen molar-refractivity contribution in [1.29, 1.82) is 0 Å². The fourth-order valence-corrected chi connectivity index (χ4v) is 1.69. The summed E-state index contributed by atoms with van der Waals surface area (Å²) in [5.41, 5.74) is 6.89. The van der Waals surface area contributed by atoms with E-state index in [0.29, 0.717) is 30.5 Å². The molecule has 5 heteroatoms. The van der Waals surface area contributed by atoms with Gasteiger partial charge in [-0.1, -0.05) is 6.92 Å². The number of amides is 1. The van der Waals surface area contributed by atoms with E-state index < -0.39 is 0 Å². The summed E-state index contributed by atoms with van der Waals surface area (Å²) in [6.45, 7) is 5.97. The maximum atomic E-state index is 11.9. The Morgan fingerprint density at radius 2 is 2.35 bits per heavy atom. The molecule has 0 aliphatic heterocycles. The topological polar surface area (TPSA) is 69.3 Å². The van der Waals surface area contributed by atoms with Gasteiger partial charge in [-0.3, -0.25) is 4.79 Å². The van der Waals surface area contributed by atoms with Gasteiger partial charge in [-0.15, -0.1) is 0 Å². The van der Waals surface area contributed by atoms with E-state index in [-0.39, 0.29) is 5.91 Å². The van der Waals surface area contributed by atoms with Crippen molar-refractivity contribution in [3.8, 4) is 0 Å². The summed E-state index contributed by atoms with van der Waals surface area (Å²) in [5.74, 6) is 0.206. The molecule has 1 unspecified atom stereocenters. The molecule has 1 atom stereocenters. The van der Waals surface area contributed by atoms with Gasteiger partial charge in [0.25, 0.3) is 5.91 Å². The third-order valence-corrected chi connectivity index (χ3v) is 2.55. The van der Waals surface area contributed by atoms with Crippen molar-refractivity contribution in [2.75, 3.05) is 26.0 Å². The van der Waals surface area contributed by atoms with Crippen molar-refractivity contribution in [1.82, 2.24) is 9.88 Å². The van der Waals surface area contributed by atoms with E-state index in [9.17, 15) is 4.79 Å². The van der Waals surface area contributed by atoms with Gasteiger partial charge in [0.05, 0.1) is 12.3 Å². The van der Waals surface area contributed by atoms with Crippen LogP contribution < -0.4 is 11.1 Å². The summed E-state index contributed by atoms with van der Waals surface area (Å²) in [6, 6.07) is 1.69. The first-order chi connectivity index (χ1) is 8.08. The highest BCUT2D eigenvalue weighted by Gasteiger charge is 2.12. The number of hydrogen-bond donors (Lipinski definition) is 2. The molecule has 0 saturated heterocycles. The minimum absolute atomic E-state index is 0.0912. The van der Waals surface area contributed by atoms with Crippen molar-refractivity contribution in [2.24, 2.45) is 5.92 Å². The van der Waals surface area contributed by atoms with Gasteiger partial charge in [0.15, 0.2) is 0 Å². The van der Waals surface area contributed by atoms with Gasteiger partial charge in [-0.2, -0.15) is 0 Å². The Morgan fingerprint density at radius 1 is 1.65 bits per heavy atom. The Morgan fingerprint density at radius 3 is 2.94 bits per heavy atom. The molecule has 1 heterocycles. The lowest BCUT2D eigenvalue weighted by atomic mass is 10.2. The lowest BCUT2D eigenvalue weighted by molar-refractivity contribution is 0.0925. The molecule has 0 aliphatic carbocycles. The summed E-state index contributed by atoms with van der Waals surface area (Å²) in [4.78, 5) is 11.9. The van der Waals surface area contributed by atoms with Gasteiger partial charge in [-0.05, 0) is 18.9 Å². The zero-order chi connectivity index (χ0) is 12.8. The number of rotatable bonds is 6. The van der Waals surface area contributed by atoms with Crippen molar-refractivity contribution < 1.29 is 9.53 Å². The third-order valence-electron chi connectivity index (χ3n) is 2.55. The Bertz CT molecular complexity index is 374. The average molecular weight is 239 g/mol. The van der Waals surface area contributed by atoms with Crippen LogP contribution in [0.5, 0.6) is 0 Å². The monoisotopic (exact) mass is 239 g/mol. The molecule has 3 N–H and O–H groups in total. The van der Waals surface area contributed by atoms with Gasteiger partial charge < -0.3 is 20.4 Å². The standard InChI is InChI=1S/C12H21N3O2/c1-4-15-7-10(13)5-11(15)12(16)14-6-9(2)8-17-3/h5,7,9H,4,6,8,13H2,1-3H3,(H,14,16). The van der Waals surface area contributed by atoms with E-state index in [1.54, 1.807) is 19.4 Å². The normalized spacial score (nSPS) is 12.4. The second kappa shape index (κ2) is 6.30. The summed E-state index contributed by atoms with van der Waals surface area (Å²) >= 11 is 0. The lowest BCUT2D eigenvalue weighted by Gasteiger charge is -2.12. The number of methoxy groups -OCH3 is 1. The molecule has 17 heavy (non-hydrogen) atoms. The molecule has 1 amide bonds. The summed E-state index contributed by atoms with van der Waals surface area (Å²) in [5, 5.41) is 2.88. The van der Waals surface area contributed by atoms with E-state index in [1.165, 1.54) is 0 Å². The first kappa shape index (κ1) is 13.6.